The molecule has 0 aliphatic rings. The van der Waals surface area contributed by atoms with E-state index >= 15 is 0 Å². The van der Waals surface area contributed by atoms with Crippen molar-refractivity contribution in [2.24, 2.45) is 0 Å². The second-order valence-electron chi connectivity index (χ2n) is 4.13. The number of nitrogens with zero attached hydrogens (tertiary/aromatic N) is 2. The van der Waals surface area contributed by atoms with Crippen molar-refractivity contribution in [3.63, 3.8) is 0 Å². The lowest BCUT2D eigenvalue weighted by Gasteiger charge is -2.09. The van der Waals surface area contributed by atoms with Gasteiger partial charge in [0.1, 0.15) is 5.82 Å². The van der Waals surface area contributed by atoms with Gasteiger partial charge in [0.05, 0.1) is 11.0 Å². The van der Waals surface area contributed by atoms with Gasteiger partial charge in [0.2, 0.25) is 0 Å². The van der Waals surface area contributed by atoms with Crippen molar-refractivity contribution in [1.82, 2.24) is 9.55 Å². The van der Waals surface area contributed by atoms with Crippen LogP contribution in [-0.4, -0.2) is 20.8 Å². The molecule has 2 rings (SSSR count). The van der Waals surface area contributed by atoms with Crippen LogP contribution in [-0.2, 0) is 6.54 Å². The Morgan fingerprint density at radius 2 is 2.41 bits per heavy atom. The van der Waals surface area contributed by atoms with Crippen LogP contribution in [0.25, 0.3) is 10.7 Å². The highest BCUT2D eigenvalue weighted by Gasteiger charge is 2.07. The number of rotatable bonds is 6. The van der Waals surface area contributed by atoms with Crippen LogP contribution < -0.4 is 0 Å². The van der Waals surface area contributed by atoms with E-state index in [1.807, 2.05) is 25.4 Å². The number of aryl methyl sites for hydroxylation is 1. The number of aliphatic hydroxyl groups excluding tert-OH is 1. The zero-order chi connectivity index (χ0) is 12.1. The summed E-state index contributed by atoms with van der Waals surface area (Å²) in [5.41, 5.74) is 0. The molecule has 2 aromatic heterocycles. The normalized spacial score (nSPS) is 12.8. The maximum Gasteiger partial charge on any atom is 0.149 e. The molecule has 92 valence electrons. The van der Waals surface area contributed by atoms with Crippen molar-refractivity contribution in [1.29, 1.82) is 0 Å². The standard InChI is InChI=1S/C13H18N2OS/c1-2-11(16)5-3-8-15-9-7-14-13(15)12-6-4-10-17-12/h4,6-7,9-11,16H,2-3,5,8H2,1H3. The number of aliphatic hydroxyl groups is 1. The number of hydrogen-bond acceptors (Lipinski definition) is 3. The van der Waals surface area contributed by atoms with Crippen LogP contribution in [0.15, 0.2) is 29.9 Å². The lowest BCUT2D eigenvalue weighted by atomic mass is 10.1. The van der Waals surface area contributed by atoms with E-state index in [1.165, 1.54) is 4.88 Å². The molecule has 2 heterocycles. The first-order valence-corrected chi connectivity index (χ1v) is 6.92. The van der Waals surface area contributed by atoms with Gasteiger partial charge in [-0.25, -0.2) is 4.98 Å². The number of thiophene rings is 1. The van der Waals surface area contributed by atoms with Crippen LogP contribution in [0.3, 0.4) is 0 Å². The van der Waals surface area contributed by atoms with Gasteiger partial charge in [0.25, 0.3) is 0 Å². The van der Waals surface area contributed by atoms with Gasteiger partial charge < -0.3 is 9.67 Å². The van der Waals surface area contributed by atoms with Crippen molar-refractivity contribution in [2.75, 3.05) is 0 Å². The Kier molecular flexibility index (Phi) is 4.34. The van der Waals surface area contributed by atoms with Crippen molar-refractivity contribution < 1.29 is 5.11 Å². The van der Waals surface area contributed by atoms with Crippen LogP contribution in [0.1, 0.15) is 26.2 Å². The SMILES string of the molecule is CCC(O)CCCn1ccnc1-c1cccs1. The minimum Gasteiger partial charge on any atom is -0.393 e. The third kappa shape index (κ3) is 3.17. The second-order valence-corrected chi connectivity index (χ2v) is 5.07. The highest BCUT2D eigenvalue weighted by molar-refractivity contribution is 7.13. The highest BCUT2D eigenvalue weighted by atomic mass is 32.1. The monoisotopic (exact) mass is 250 g/mol. The lowest BCUT2D eigenvalue weighted by molar-refractivity contribution is 0.156. The summed E-state index contributed by atoms with van der Waals surface area (Å²) in [6.07, 6.45) is 6.37. The largest absolute Gasteiger partial charge is 0.393 e. The summed E-state index contributed by atoms with van der Waals surface area (Å²) in [6.45, 7) is 2.93. The van der Waals surface area contributed by atoms with Crippen LogP contribution >= 0.6 is 11.3 Å². The molecule has 0 aliphatic heterocycles. The van der Waals surface area contributed by atoms with Gasteiger partial charge in [0, 0.05) is 18.9 Å². The lowest BCUT2D eigenvalue weighted by Crippen LogP contribution is -2.07. The molecule has 0 spiro atoms. The Bertz CT molecular complexity index is 436. The first-order chi connectivity index (χ1) is 8.31. The maximum absolute atomic E-state index is 9.52. The smallest absolute Gasteiger partial charge is 0.149 e. The fourth-order valence-corrected chi connectivity index (χ4v) is 2.56. The first kappa shape index (κ1) is 12.3. The zero-order valence-corrected chi connectivity index (χ0v) is 10.9. The molecule has 0 saturated carbocycles. The average Bonchev–Trinajstić information content (AvgIpc) is 2.98. The number of imidazole rings is 1. The molecule has 0 bridgehead atoms. The van der Waals surface area contributed by atoms with Crippen LogP contribution in [0, 0.1) is 0 Å². The minimum absolute atomic E-state index is 0.163. The summed E-state index contributed by atoms with van der Waals surface area (Å²) in [5, 5.41) is 11.6. The molecule has 17 heavy (non-hydrogen) atoms. The topological polar surface area (TPSA) is 38.0 Å². The summed E-state index contributed by atoms with van der Waals surface area (Å²) in [4.78, 5) is 5.59. The number of aromatic nitrogens is 2. The first-order valence-electron chi connectivity index (χ1n) is 6.04. The predicted octanol–water partition coefficient (Wildman–Crippen LogP) is 3.16. The Morgan fingerprint density at radius 3 is 3.12 bits per heavy atom. The Labute approximate surface area is 106 Å². The van der Waals surface area contributed by atoms with Crippen molar-refractivity contribution in [2.45, 2.75) is 38.8 Å². The van der Waals surface area contributed by atoms with E-state index in [-0.39, 0.29) is 6.10 Å². The van der Waals surface area contributed by atoms with Gasteiger partial charge in [-0.2, -0.15) is 0 Å². The molecule has 1 atom stereocenters. The molecule has 0 radical (unpaired) electrons. The molecule has 0 aromatic carbocycles. The maximum atomic E-state index is 9.52. The van der Waals surface area contributed by atoms with E-state index in [9.17, 15) is 5.11 Å². The van der Waals surface area contributed by atoms with Gasteiger partial charge in [-0.05, 0) is 30.7 Å². The third-order valence-corrected chi connectivity index (χ3v) is 3.73. The molecule has 2 aromatic rings. The summed E-state index contributed by atoms with van der Waals surface area (Å²) in [5.74, 6) is 1.03. The van der Waals surface area contributed by atoms with E-state index in [2.05, 4.69) is 21.0 Å². The molecular formula is C13H18N2OS. The molecule has 1 unspecified atom stereocenters. The number of hydrogen-bond donors (Lipinski definition) is 1. The molecule has 3 nitrogen and oxygen atoms in total. The van der Waals surface area contributed by atoms with Crippen molar-refractivity contribution in [3.8, 4) is 10.7 Å². The molecule has 1 N–H and O–H groups in total. The van der Waals surface area contributed by atoms with Crippen molar-refractivity contribution in [3.05, 3.63) is 29.9 Å². The second kappa shape index (κ2) is 5.98. The molecule has 4 heteroatoms. The van der Waals surface area contributed by atoms with E-state index in [1.54, 1.807) is 11.3 Å². The van der Waals surface area contributed by atoms with Gasteiger partial charge >= 0.3 is 0 Å². The van der Waals surface area contributed by atoms with Crippen molar-refractivity contribution >= 4 is 11.3 Å². The predicted molar refractivity (Wildman–Crippen MR) is 71.1 cm³/mol. The quantitative estimate of drug-likeness (QED) is 0.855. The van der Waals surface area contributed by atoms with Crippen LogP contribution in [0.2, 0.25) is 0 Å². The zero-order valence-electron chi connectivity index (χ0n) is 10.0. The Morgan fingerprint density at radius 1 is 1.53 bits per heavy atom. The average molecular weight is 250 g/mol. The summed E-state index contributed by atoms with van der Waals surface area (Å²) < 4.78 is 2.16. The van der Waals surface area contributed by atoms with Gasteiger partial charge in [0.15, 0.2) is 0 Å². The molecule has 0 fully saturated rings. The Balaban J connectivity index is 1.96. The van der Waals surface area contributed by atoms with Crippen LogP contribution in [0.4, 0.5) is 0 Å². The molecule has 0 amide bonds. The van der Waals surface area contributed by atoms with Gasteiger partial charge in [-0.1, -0.05) is 13.0 Å². The summed E-state index contributed by atoms with van der Waals surface area (Å²) in [6, 6.07) is 4.13. The molecule has 0 aliphatic carbocycles. The van der Waals surface area contributed by atoms with E-state index in [4.69, 9.17) is 0 Å². The minimum atomic E-state index is -0.163. The van der Waals surface area contributed by atoms with E-state index in [0.717, 1.165) is 31.6 Å². The van der Waals surface area contributed by atoms with Gasteiger partial charge in [-0.3, -0.25) is 0 Å². The Hall–Kier alpha value is -1.13. The van der Waals surface area contributed by atoms with E-state index < -0.39 is 0 Å². The third-order valence-electron chi connectivity index (χ3n) is 2.86. The van der Waals surface area contributed by atoms with Crippen LogP contribution in [0.5, 0.6) is 0 Å². The molecular weight excluding hydrogens is 232 g/mol. The van der Waals surface area contributed by atoms with E-state index in [0.29, 0.717) is 0 Å². The highest BCUT2D eigenvalue weighted by Crippen LogP contribution is 2.23. The summed E-state index contributed by atoms with van der Waals surface area (Å²) in [7, 11) is 0. The fourth-order valence-electron chi connectivity index (χ4n) is 1.82. The fraction of sp³-hybridized carbons (Fsp3) is 0.462. The summed E-state index contributed by atoms with van der Waals surface area (Å²) >= 11 is 1.71. The molecule has 0 saturated heterocycles. The van der Waals surface area contributed by atoms with Gasteiger partial charge in [-0.15, -0.1) is 11.3 Å².